The first-order valence-corrected chi connectivity index (χ1v) is 5.74. The Kier molecular flexibility index (Phi) is 2.59. The third-order valence-electron chi connectivity index (χ3n) is 3.96. The molecule has 2 heterocycles. The molecular weight excluding hydrogens is 165 g/mol. The van der Waals surface area contributed by atoms with E-state index in [1.807, 2.05) is 0 Å². The largest absolute Gasteiger partial charge is 0.294 e. The molecule has 13 heavy (non-hydrogen) atoms. The molecule has 0 bridgehead atoms. The Balaban J connectivity index is 2.09. The predicted octanol–water partition coefficient (Wildman–Crippen LogP) is 2.71. The molecule has 2 heteroatoms. The van der Waals surface area contributed by atoms with E-state index in [1.54, 1.807) is 0 Å². The van der Waals surface area contributed by atoms with Crippen molar-refractivity contribution in [1.29, 1.82) is 0 Å². The second kappa shape index (κ2) is 3.56. The van der Waals surface area contributed by atoms with Gasteiger partial charge in [0, 0.05) is 5.92 Å². The van der Waals surface area contributed by atoms with Gasteiger partial charge in [-0.25, -0.2) is 0 Å². The molecule has 76 valence electrons. The third-order valence-corrected chi connectivity index (χ3v) is 3.96. The average molecular weight is 186 g/mol. The standard InChI is InChI=1S/C11H21FN/c1-10-6-5-9-13(11(10)12)7-3-2-4-8-13/h10-11H,2-9H2,1H3/q+1. The highest BCUT2D eigenvalue weighted by Crippen LogP contribution is 2.34. The fourth-order valence-corrected chi connectivity index (χ4v) is 3.14. The molecule has 2 rings (SSSR count). The second-order valence-corrected chi connectivity index (χ2v) is 4.94. The van der Waals surface area contributed by atoms with Crippen LogP contribution in [0.4, 0.5) is 4.39 Å². The lowest BCUT2D eigenvalue weighted by atomic mass is 9.93. The summed E-state index contributed by atoms with van der Waals surface area (Å²) in [5, 5.41) is 0. The first kappa shape index (κ1) is 9.45. The number of rotatable bonds is 0. The molecule has 0 aromatic heterocycles. The summed E-state index contributed by atoms with van der Waals surface area (Å²) < 4.78 is 14.9. The zero-order valence-electron chi connectivity index (χ0n) is 8.64. The summed E-state index contributed by atoms with van der Waals surface area (Å²) in [6, 6.07) is 0. The molecule has 0 N–H and O–H groups in total. The average Bonchev–Trinajstić information content (AvgIpc) is 2.16. The molecule has 2 aliphatic rings. The van der Waals surface area contributed by atoms with Gasteiger partial charge in [0.1, 0.15) is 0 Å². The molecule has 0 radical (unpaired) electrons. The number of halogens is 1. The number of alkyl halides is 1. The molecule has 2 unspecified atom stereocenters. The first-order chi connectivity index (χ1) is 6.25. The van der Waals surface area contributed by atoms with Gasteiger partial charge in [0.2, 0.25) is 6.30 Å². The van der Waals surface area contributed by atoms with E-state index in [1.165, 1.54) is 25.7 Å². The molecule has 2 fully saturated rings. The van der Waals surface area contributed by atoms with Crippen LogP contribution in [0.15, 0.2) is 0 Å². The molecular formula is C11H21FN+. The van der Waals surface area contributed by atoms with E-state index in [4.69, 9.17) is 0 Å². The van der Waals surface area contributed by atoms with Gasteiger partial charge in [0.25, 0.3) is 0 Å². The van der Waals surface area contributed by atoms with E-state index in [2.05, 4.69) is 6.92 Å². The Labute approximate surface area is 80.5 Å². The normalized spacial score (nSPS) is 39.2. The van der Waals surface area contributed by atoms with E-state index < -0.39 is 6.30 Å². The van der Waals surface area contributed by atoms with Crippen LogP contribution >= 0.6 is 0 Å². The van der Waals surface area contributed by atoms with Crippen molar-refractivity contribution < 1.29 is 8.87 Å². The van der Waals surface area contributed by atoms with Crippen LogP contribution in [0, 0.1) is 5.92 Å². The molecule has 1 nitrogen and oxygen atoms in total. The summed E-state index contributed by atoms with van der Waals surface area (Å²) in [5.74, 6) is 0.298. The molecule has 2 atom stereocenters. The summed E-state index contributed by atoms with van der Waals surface area (Å²) in [6.07, 6.45) is 5.58. The van der Waals surface area contributed by atoms with Gasteiger partial charge >= 0.3 is 0 Å². The van der Waals surface area contributed by atoms with Crippen LogP contribution in [-0.4, -0.2) is 30.4 Å². The molecule has 1 spiro atoms. The lowest BCUT2D eigenvalue weighted by molar-refractivity contribution is -0.977. The van der Waals surface area contributed by atoms with E-state index in [9.17, 15) is 4.39 Å². The smallest absolute Gasteiger partial charge is 0.234 e. The Hall–Kier alpha value is -0.110. The fraction of sp³-hybridized carbons (Fsp3) is 1.00. The summed E-state index contributed by atoms with van der Waals surface area (Å²) >= 11 is 0. The van der Waals surface area contributed by atoms with Crippen molar-refractivity contribution in [2.75, 3.05) is 19.6 Å². The van der Waals surface area contributed by atoms with E-state index in [-0.39, 0.29) is 0 Å². The third kappa shape index (κ3) is 1.61. The van der Waals surface area contributed by atoms with Gasteiger partial charge in [-0.1, -0.05) is 6.92 Å². The highest BCUT2D eigenvalue weighted by molar-refractivity contribution is 4.68. The molecule has 2 aliphatic heterocycles. The Morgan fingerprint density at radius 1 is 1.00 bits per heavy atom. The monoisotopic (exact) mass is 186 g/mol. The van der Waals surface area contributed by atoms with Crippen LogP contribution in [0.5, 0.6) is 0 Å². The van der Waals surface area contributed by atoms with Crippen LogP contribution in [-0.2, 0) is 0 Å². The number of piperidine rings is 2. The van der Waals surface area contributed by atoms with Crippen molar-refractivity contribution in [3.63, 3.8) is 0 Å². The van der Waals surface area contributed by atoms with Gasteiger partial charge in [-0.3, -0.25) is 4.48 Å². The minimum absolute atomic E-state index is 0.298. The minimum Gasteiger partial charge on any atom is -0.294 e. The highest BCUT2D eigenvalue weighted by Gasteiger charge is 2.43. The van der Waals surface area contributed by atoms with Gasteiger partial charge < -0.3 is 0 Å². The Morgan fingerprint density at radius 2 is 1.62 bits per heavy atom. The quantitative estimate of drug-likeness (QED) is 0.403. The molecule has 2 saturated heterocycles. The van der Waals surface area contributed by atoms with Gasteiger partial charge in [-0.05, 0) is 32.1 Å². The fourth-order valence-electron chi connectivity index (χ4n) is 3.14. The first-order valence-electron chi connectivity index (χ1n) is 5.74. The lowest BCUT2D eigenvalue weighted by Gasteiger charge is -2.48. The summed E-state index contributed by atoms with van der Waals surface area (Å²) in [4.78, 5) is 0. The van der Waals surface area contributed by atoms with Gasteiger partial charge in [0.05, 0.1) is 19.6 Å². The number of hydrogen-bond donors (Lipinski definition) is 0. The van der Waals surface area contributed by atoms with Gasteiger partial charge in [0.15, 0.2) is 0 Å². The zero-order valence-corrected chi connectivity index (χ0v) is 8.64. The summed E-state index contributed by atoms with van der Waals surface area (Å²) in [7, 11) is 0. The Morgan fingerprint density at radius 3 is 2.31 bits per heavy atom. The van der Waals surface area contributed by atoms with Crippen molar-refractivity contribution >= 4 is 0 Å². The highest BCUT2D eigenvalue weighted by atomic mass is 19.1. The van der Waals surface area contributed by atoms with E-state index >= 15 is 0 Å². The number of quaternary nitrogens is 1. The van der Waals surface area contributed by atoms with Crippen molar-refractivity contribution in [2.45, 2.75) is 45.3 Å². The number of nitrogens with zero attached hydrogens (tertiary/aromatic N) is 1. The Bertz CT molecular complexity index is 169. The van der Waals surface area contributed by atoms with Crippen LogP contribution in [0.1, 0.15) is 39.0 Å². The van der Waals surface area contributed by atoms with Gasteiger partial charge in [-0.2, -0.15) is 4.39 Å². The van der Waals surface area contributed by atoms with Crippen molar-refractivity contribution in [2.24, 2.45) is 5.92 Å². The lowest BCUT2D eigenvalue weighted by Crippen LogP contribution is -2.61. The van der Waals surface area contributed by atoms with Gasteiger partial charge in [-0.15, -0.1) is 0 Å². The molecule has 0 aromatic rings. The summed E-state index contributed by atoms with van der Waals surface area (Å²) in [5.41, 5.74) is 0. The van der Waals surface area contributed by atoms with Crippen molar-refractivity contribution in [1.82, 2.24) is 0 Å². The predicted molar refractivity (Wildman–Crippen MR) is 52.0 cm³/mol. The number of hydrogen-bond acceptors (Lipinski definition) is 0. The van der Waals surface area contributed by atoms with E-state index in [0.717, 1.165) is 30.5 Å². The van der Waals surface area contributed by atoms with Crippen LogP contribution < -0.4 is 0 Å². The van der Waals surface area contributed by atoms with Crippen LogP contribution in [0.3, 0.4) is 0 Å². The van der Waals surface area contributed by atoms with Crippen molar-refractivity contribution in [3.05, 3.63) is 0 Å². The van der Waals surface area contributed by atoms with Crippen LogP contribution in [0.2, 0.25) is 0 Å². The SMILES string of the molecule is CC1CCC[N+]2(CCCCC2)C1F. The molecule has 0 amide bonds. The maximum Gasteiger partial charge on any atom is 0.234 e. The second-order valence-electron chi connectivity index (χ2n) is 4.94. The van der Waals surface area contributed by atoms with Crippen LogP contribution in [0.25, 0.3) is 0 Å². The summed E-state index contributed by atoms with van der Waals surface area (Å²) in [6.45, 7) is 5.39. The maximum atomic E-state index is 14.1. The minimum atomic E-state index is -0.561. The molecule has 0 aliphatic carbocycles. The maximum absolute atomic E-state index is 14.1. The zero-order chi connectivity index (χ0) is 9.31. The molecule has 0 saturated carbocycles. The topological polar surface area (TPSA) is 0 Å². The van der Waals surface area contributed by atoms with E-state index in [0.29, 0.717) is 5.92 Å². The van der Waals surface area contributed by atoms with Crippen molar-refractivity contribution in [3.8, 4) is 0 Å². The molecule has 0 aromatic carbocycles.